The quantitative estimate of drug-likeness (QED) is 0.359. The standard InChI is InChI=1S/C6H17N3O/c7-2-1-6(5-8)9-3-4-10/h6,9-10H,1-5,7-8H2. The van der Waals surface area contributed by atoms with Crippen molar-refractivity contribution in [3.05, 3.63) is 0 Å². The Morgan fingerprint density at radius 1 is 1.40 bits per heavy atom. The molecule has 0 fully saturated rings. The number of rotatable bonds is 6. The summed E-state index contributed by atoms with van der Waals surface area (Å²) in [7, 11) is 0. The van der Waals surface area contributed by atoms with Gasteiger partial charge in [-0.15, -0.1) is 0 Å². The van der Waals surface area contributed by atoms with Gasteiger partial charge in [0, 0.05) is 19.1 Å². The zero-order valence-corrected chi connectivity index (χ0v) is 6.21. The summed E-state index contributed by atoms with van der Waals surface area (Å²) in [5.74, 6) is 0. The molecule has 0 aliphatic rings. The van der Waals surface area contributed by atoms with Gasteiger partial charge in [0.25, 0.3) is 0 Å². The maximum atomic E-state index is 8.44. The van der Waals surface area contributed by atoms with Crippen molar-refractivity contribution in [2.24, 2.45) is 11.5 Å². The van der Waals surface area contributed by atoms with E-state index < -0.39 is 0 Å². The largest absolute Gasteiger partial charge is 0.395 e. The van der Waals surface area contributed by atoms with Gasteiger partial charge < -0.3 is 21.9 Å². The van der Waals surface area contributed by atoms with Crippen LogP contribution >= 0.6 is 0 Å². The van der Waals surface area contributed by atoms with Gasteiger partial charge in [-0.05, 0) is 13.0 Å². The summed E-state index contributed by atoms with van der Waals surface area (Å²) in [5, 5.41) is 11.5. The second kappa shape index (κ2) is 6.95. The smallest absolute Gasteiger partial charge is 0.0556 e. The topological polar surface area (TPSA) is 84.3 Å². The minimum absolute atomic E-state index is 0.154. The number of hydrogen-bond acceptors (Lipinski definition) is 4. The zero-order valence-electron chi connectivity index (χ0n) is 6.21. The first-order valence-corrected chi connectivity index (χ1v) is 3.59. The molecule has 0 heterocycles. The van der Waals surface area contributed by atoms with Gasteiger partial charge in [-0.25, -0.2) is 0 Å². The van der Waals surface area contributed by atoms with Crippen molar-refractivity contribution in [3.8, 4) is 0 Å². The maximum absolute atomic E-state index is 8.44. The molecule has 1 unspecified atom stereocenters. The van der Waals surface area contributed by atoms with E-state index in [0.717, 1.165) is 6.42 Å². The van der Waals surface area contributed by atoms with Gasteiger partial charge >= 0.3 is 0 Å². The normalized spacial score (nSPS) is 13.5. The maximum Gasteiger partial charge on any atom is 0.0556 e. The predicted molar refractivity (Wildman–Crippen MR) is 41.6 cm³/mol. The van der Waals surface area contributed by atoms with Gasteiger partial charge in [0.2, 0.25) is 0 Å². The molecule has 0 saturated carbocycles. The third-order valence-corrected chi connectivity index (χ3v) is 1.34. The van der Waals surface area contributed by atoms with Crippen molar-refractivity contribution in [1.82, 2.24) is 5.32 Å². The molecule has 0 amide bonds. The lowest BCUT2D eigenvalue weighted by atomic mass is 10.2. The molecule has 62 valence electrons. The first kappa shape index (κ1) is 9.84. The fraction of sp³-hybridized carbons (Fsp3) is 1.00. The molecule has 1 atom stereocenters. The molecule has 0 saturated heterocycles. The van der Waals surface area contributed by atoms with E-state index in [1.165, 1.54) is 0 Å². The molecule has 4 nitrogen and oxygen atoms in total. The van der Waals surface area contributed by atoms with Crippen LogP contribution in [0.3, 0.4) is 0 Å². The van der Waals surface area contributed by atoms with Crippen molar-refractivity contribution < 1.29 is 5.11 Å². The molecule has 0 spiro atoms. The predicted octanol–water partition coefficient (Wildman–Crippen LogP) is -1.76. The molecular formula is C6H17N3O. The first-order chi connectivity index (χ1) is 4.85. The average Bonchev–Trinajstić information content (AvgIpc) is 1.98. The molecule has 0 rings (SSSR count). The third-order valence-electron chi connectivity index (χ3n) is 1.34. The van der Waals surface area contributed by atoms with Gasteiger partial charge in [0.05, 0.1) is 6.61 Å². The van der Waals surface area contributed by atoms with Crippen LogP contribution in [0.2, 0.25) is 0 Å². The highest BCUT2D eigenvalue weighted by Crippen LogP contribution is 1.84. The first-order valence-electron chi connectivity index (χ1n) is 3.59. The van der Waals surface area contributed by atoms with E-state index in [9.17, 15) is 0 Å². The van der Waals surface area contributed by atoms with Crippen LogP contribution in [-0.4, -0.2) is 37.4 Å². The van der Waals surface area contributed by atoms with Crippen molar-refractivity contribution in [3.63, 3.8) is 0 Å². The van der Waals surface area contributed by atoms with E-state index in [-0.39, 0.29) is 12.6 Å². The van der Waals surface area contributed by atoms with Gasteiger partial charge in [-0.1, -0.05) is 0 Å². The van der Waals surface area contributed by atoms with Crippen LogP contribution in [0, 0.1) is 0 Å². The summed E-state index contributed by atoms with van der Waals surface area (Å²) in [6.07, 6.45) is 0.872. The van der Waals surface area contributed by atoms with Gasteiger partial charge in [-0.2, -0.15) is 0 Å². The molecule has 6 N–H and O–H groups in total. The minimum atomic E-state index is 0.154. The Hall–Kier alpha value is -0.160. The number of nitrogens with two attached hydrogens (primary N) is 2. The Kier molecular flexibility index (Phi) is 6.84. The highest BCUT2D eigenvalue weighted by atomic mass is 16.3. The van der Waals surface area contributed by atoms with Crippen LogP contribution in [0.4, 0.5) is 0 Å². The zero-order chi connectivity index (χ0) is 7.82. The second-order valence-corrected chi connectivity index (χ2v) is 2.19. The lowest BCUT2D eigenvalue weighted by Crippen LogP contribution is -2.39. The number of aliphatic hydroxyl groups is 1. The summed E-state index contributed by atoms with van der Waals surface area (Å²) >= 11 is 0. The van der Waals surface area contributed by atoms with Crippen LogP contribution in [0.1, 0.15) is 6.42 Å². The highest BCUT2D eigenvalue weighted by Gasteiger charge is 2.01. The summed E-state index contributed by atoms with van der Waals surface area (Å²) < 4.78 is 0. The summed E-state index contributed by atoms with van der Waals surface area (Å²) in [4.78, 5) is 0. The molecule has 0 aromatic rings. The lowest BCUT2D eigenvalue weighted by molar-refractivity contribution is 0.283. The Morgan fingerprint density at radius 2 is 2.10 bits per heavy atom. The number of hydrogen-bond donors (Lipinski definition) is 4. The van der Waals surface area contributed by atoms with Gasteiger partial charge in [0.15, 0.2) is 0 Å². The van der Waals surface area contributed by atoms with E-state index >= 15 is 0 Å². The van der Waals surface area contributed by atoms with E-state index in [4.69, 9.17) is 16.6 Å². The van der Waals surface area contributed by atoms with Crippen molar-refractivity contribution in [2.75, 3.05) is 26.2 Å². The van der Waals surface area contributed by atoms with Gasteiger partial charge in [-0.3, -0.25) is 0 Å². The highest BCUT2D eigenvalue weighted by molar-refractivity contribution is 4.66. The summed E-state index contributed by atoms with van der Waals surface area (Å²) in [5.41, 5.74) is 10.7. The average molecular weight is 147 g/mol. The monoisotopic (exact) mass is 147 g/mol. The Bertz CT molecular complexity index is 70.0. The van der Waals surface area contributed by atoms with Crippen molar-refractivity contribution in [1.29, 1.82) is 0 Å². The molecule has 0 radical (unpaired) electrons. The summed E-state index contributed by atoms with van der Waals surface area (Å²) in [6, 6.07) is 0.261. The third kappa shape index (κ3) is 4.69. The molecule has 0 aliphatic heterocycles. The van der Waals surface area contributed by atoms with Crippen LogP contribution in [-0.2, 0) is 0 Å². The van der Waals surface area contributed by atoms with E-state index in [2.05, 4.69) is 5.32 Å². The molecule has 10 heavy (non-hydrogen) atoms. The SMILES string of the molecule is NCCC(CN)NCCO. The fourth-order valence-corrected chi connectivity index (χ4v) is 0.773. The fourth-order valence-electron chi connectivity index (χ4n) is 0.773. The van der Waals surface area contributed by atoms with Crippen LogP contribution in [0.25, 0.3) is 0 Å². The molecule has 0 aliphatic carbocycles. The Labute approximate surface area is 61.6 Å². The van der Waals surface area contributed by atoms with Crippen molar-refractivity contribution >= 4 is 0 Å². The van der Waals surface area contributed by atoms with Crippen LogP contribution in [0.15, 0.2) is 0 Å². The lowest BCUT2D eigenvalue weighted by Gasteiger charge is -2.14. The van der Waals surface area contributed by atoms with E-state index in [1.807, 2.05) is 0 Å². The molecule has 4 heteroatoms. The van der Waals surface area contributed by atoms with Crippen LogP contribution in [0.5, 0.6) is 0 Å². The number of aliphatic hydroxyl groups excluding tert-OH is 1. The van der Waals surface area contributed by atoms with E-state index in [0.29, 0.717) is 19.6 Å². The van der Waals surface area contributed by atoms with Gasteiger partial charge in [0.1, 0.15) is 0 Å². The Morgan fingerprint density at radius 3 is 2.50 bits per heavy atom. The Balaban J connectivity index is 3.21. The molecule has 0 bridgehead atoms. The van der Waals surface area contributed by atoms with Crippen LogP contribution < -0.4 is 16.8 Å². The summed E-state index contributed by atoms with van der Waals surface area (Å²) in [6.45, 7) is 1.97. The van der Waals surface area contributed by atoms with E-state index in [1.54, 1.807) is 0 Å². The molecular weight excluding hydrogens is 130 g/mol. The second-order valence-electron chi connectivity index (χ2n) is 2.19. The molecule has 0 aromatic heterocycles. The molecule has 0 aromatic carbocycles. The van der Waals surface area contributed by atoms with Crippen molar-refractivity contribution in [2.45, 2.75) is 12.5 Å². The minimum Gasteiger partial charge on any atom is -0.395 e. The number of nitrogens with one attached hydrogen (secondary N) is 1.